The highest BCUT2D eigenvalue weighted by Gasteiger charge is 2.22. The topological polar surface area (TPSA) is 52.4 Å². The third kappa shape index (κ3) is 2.88. The van der Waals surface area contributed by atoms with E-state index in [1.165, 1.54) is 0 Å². The van der Waals surface area contributed by atoms with Gasteiger partial charge in [-0.1, -0.05) is 13.3 Å². The molecule has 4 nitrogen and oxygen atoms in total. The number of nitro benzene ring substituents is 1. The van der Waals surface area contributed by atoms with Gasteiger partial charge < -0.3 is 4.74 Å². The Labute approximate surface area is 91.0 Å². The molecule has 6 heteroatoms. The van der Waals surface area contributed by atoms with Crippen LogP contribution in [0.15, 0.2) is 12.1 Å². The van der Waals surface area contributed by atoms with Crippen LogP contribution in [0.3, 0.4) is 0 Å². The summed E-state index contributed by atoms with van der Waals surface area (Å²) in [6.45, 7) is 2.27. The van der Waals surface area contributed by atoms with Crippen molar-refractivity contribution in [2.75, 3.05) is 6.61 Å². The first-order valence-corrected chi connectivity index (χ1v) is 4.82. The molecule has 0 aromatic heterocycles. The first kappa shape index (κ1) is 12.4. The van der Waals surface area contributed by atoms with Crippen LogP contribution in [-0.4, -0.2) is 11.5 Å². The fourth-order valence-corrected chi connectivity index (χ4v) is 1.13. The molecule has 1 aromatic rings. The van der Waals surface area contributed by atoms with E-state index in [1.54, 1.807) is 0 Å². The monoisotopic (exact) mass is 231 g/mol. The van der Waals surface area contributed by atoms with Gasteiger partial charge in [0.2, 0.25) is 11.6 Å². The van der Waals surface area contributed by atoms with Gasteiger partial charge in [0.1, 0.15) is 5.75 Å². The Balaban J connectivity index is 2.87. The number of rotatable bonds is 5. The van der Waals surface area contributed by atoms with Crippen LogP contribution < -0.4 is 4.74 Å². The molecule has 0 aliphatic carbocycles. The molecule has 0 N–H and O–H groups in total. The van der Waals surface area contributed by atoms with Crippen molar-refractivity contribution in [1.29, 1.82) is 0 Å². The van der Waals surface area contributed by atoms with Crippen LogP contribution >= 0.6 is 0 Å². The number of hydrogen-bond donors (Lipinski definition) is 0. The van der Waals surface area contributed by atoms with Crippen LogP contribution in [0.2, 0.25) is 0 Å². The molecule has 0 unspecified atom stereocenters. The first-order chi connectivity index (χ1) is 7.56. The highest BCUT2D eigenvalue weighted by atomic mass is 19.1. The Hall–Kier alpha value is -1.72. The van der Waals surface area contributed by atoms with E-state index >= 15 is 0 Å². The van der Waals surface area contributed by atoms with Crippen molar-refractivity contribution in [1.82, 2.24) is 0 Å². The third-order valence-corrected chi connectivity index (χ3v) is 1.94. The fraction of sp³-hybridized carbons (Fsp3) is 0.400. The SMILES string of the molecule is CCCCOc1cc(F)c([N+](=O)[O-])c(F)c1. The molecule has 0 atom stereocenters. The quantitative estimate of drug-likeness (QED) is 0.444. The number of nitrogens with zero attached hydrogens (tertiary/aromatic N) is 1. The molecule has 88 valence electrons. The van der Waals surface area contributed by atoms with Gasteiger partial charge in [0.25, 0.3) is 0 Å². The number of nitro groups is 1. The van der Waals surface area contributed by atoms with Crippen molar-refractivity contribution < 1.29 is 18.4 Å². The minimum atomic E-state index is -1.23. The number of ether oxygens (including phenoxy) is 1. The highest BCUT2D eigenvalue weighted by Crippen LogP contribution is 2.26. The van der Waals surface area contributed by atoms with E-state index in [4.69, 9.17) is 4.74 Å². The molecule has 0 bridgehead atoms. The van der Waals surface area contributed by atoms with Crippen molar-refractivity contribution in [3.63, 3.8) is 0 Å². The lowest BCUT2D eigenvalue weighted by molar-refractivity contribution is -0.390. The van der Waals surface area contributed by atoms with Gasteiger partial charge in [0, 0.05) is 12.1 Å². The average Bonchev–Trinajstić information content (AvgIpc) is 2.16. The summed E-state index contributed by atoms with van der Waals surface area (Å²) in [5.41, 5.74) is -1.15. The normalized spacial score (nSPS) is 10.2. The van der Waals surface area contributed by atoms with Gasteiger partial charge in [-0.15, -0.1) is 0 Å². The maximum absolute atomic E-state index is 13.1. The second kappa shape index (κ2) is 5.39. The molecule has 1 aromatic carbocycles. The molecule has 0 spiro atoms. The van der Waals surface area contributed by atoms with Crippen molar-refractivity contribution in [2.45, 2.75) is 19.8 Å². The summed E-state index contributed by atoms with van der Waals surface area (Å²) in [5, 5.41) is 10.3. The average molecular weight is 231 g/mol. The van der Waals surface area contributed by atoms with Crippen LogP contribution in [0.25, 0.3) is 0 Å². The molecule has 0 fully saturated rings. The molecule has 0 saturated heterocycles. The van der Waals surface area contributed by atoms with E-state index in [-0.39, 0.29) is 5.75 Å². The number of halogens is 2. The lowest BCUT2D eigenvalue weighted by Gasteiger charge is -2.05. The van der Waals surface area contributed by atoms with Crippen molar-refractivity contribution in [3.05, 3.63) is 33.9 Å². The molecular weight excluding hydrogens is 220 g/mol. The van der Waals surface area contributed by atoms with E-state index < -0.39 is 22.2 Å². The summed E-state index contributed by atoms with van der Waals surface area (Å²) in [6, 6.07) is 1.63. The maximum atomic E-state index is 13.1. The molecule has 0 amide bonds. The summed E-state index contributed by atoms with van der Waals surface area (Å²) >= 11 is 0. The molecule has 0 aliphatic rings. The van der Waals surface area contributed by atoms with E-state index in [1.807, 2.05) is 6.92 Å². The smallest absolute Gasteiger partial charge is 0.340 e. The number of benzene rings is 1. The summed E-state index contributed by atoms with van der Waals surface area (Å²) in [7, 11) is 0. The summed E-state index contributed by atoms with van der Waals surface area (Å²) in [4.78, 5) is 9.20. The Morgan fingerprint density at radius 3 is 2.38 bits per heavy atom. The third-order valence-electron chi connectivity index (χ3n) is 1.94. The van der Waals surface area contributed by atoms with Crippen molar-refractivity contribution in [3.8, 4) is 5.75 Å². The van der Waals surface area contributed by atoms with Crippen LogP contribution in [-0.2, 0) is 0 Å². The van der Waals surface area contributed by atoms with Gasteiger partial charge in [-0.2, -0.15) is 8.78 Å². The van der Waals surface area contributed by atoms with Gasteiger partial charge in [0.05, 0.1) is 11.5 Å². The highest BCUT2D eigenvalue weighted by molar-refractivity contribution is 5.39. The minimum Gasteiger partial charge on any atom is -0.493 e. The zero-order chi connectivity index (χ0) is 12.1. The van der Waals surface area contributed by atoms with E-state index in [9.17, 15) is 18.9 Å². The van der Waals surface area contributed by atoms with Gasteiger partial charge in [0.15, 0.2) is 0 Å². The second-order valence-corrected chi connectivity index (χ2v) is 3.19. The minimum absolute atomic E-state index is 0.0333. The maximum Gasteiger partial charge on any atom is 0.340 e. The Kier molecular flexibility index (Phi) is 4.16. The van der Waals surface area contributed by atoms with E-state index in [0.29, 0.717) is 6.61 Å². The first-order valence-electron chi connectivity index (χ1n) is 4.82. The lowest BCUT2D eigenvalue weighted by atomic mass is 10.2. The summed E-state index contributed by atoms with van der Waals surface area (Å²) < 4.78 is 31.3. The predicted molar refractivity (Wildman–Crippen MR) is 53.4 cm³/mol. The molecule has 0 aliphatic heterocycles. The second-order valence-electron chi connectivity index (χ2n) is 3.19. The summed E-state index contributed by atoms with van der Waals surface area (Å²) in [5.74, 6) is -2.48. The molecule has 1 rings (SSSR count). The largest absolute Gasteiger partial charge is 0.493 e. The number of hydrogen-bond acceptors (Lipinski definition) is 3. The Morgan fingerprint density at radius 1 is 1.38 bits per heavy atom. The lowest BCUT2D eigenvalue weighted by Crippen LogP contribution is -2.01. The van der Waals surface area contributed by atoms with Crippen LogP contribution in [0.5, 0.6) is 5.75 Å². The van der Waals surface area contributed by atoms with Crippen LogP contribution in [0, 0.1) is 21.7 Å². The molecule has 0 saturated carbocycles. The van der Waals surface area contributed by atoms with E-state index in [0.717, 1.165) is 25.0 Å². The zero-order valence-corrected chi connectivity index (χ0v) is 8.70. The molecule has 0 heterocycles. The zero-order valence-electron chi connectivity index (χ0n) is 8.70. The predicted octanol–water partition coefficient (Wildman–Crippen LogP) is 3.05. The van der Waals surface area contributed by atoms with Gasteiger partial charge in [-0.05, 0) is 6.42 Å². The molecule has 16 heavy (non-hydrogen) atoms. The summed E-state index contributed by atoms with van der Waals surface area (Å²) in [6.07, 6.45) is 1.64. The van der Waals surface area contributed by atoms with E-state index in [2.05, 4.69) is 0 Å². The molecular formula is C10H11F2NO3. The Bertz CT molecular complexity index is 373. The van der Waals surface area contributed by atoms with Gasteiger partial charge in [-0.25, -0.2) is 0 Å². The number of unbranched alkanes of at least 4 members (excludes halogenated alkanes) is 1. The van der Waals surface area contributed by atoms with Gasteiger partial charge in [-0.3, -0.25) is 10.1 Å². The standard InChI is InChI=1S/C10H11F2NO3/c1-2-3-4-16-7-5-8(11)10(13(14)15)9(12)6-7/h5-6H,2-4H2,1H3. The fourth-order valence-electron chi connectivity index (χ4n) is 1.13. The van der Waals surface area contributed by atoms with Crippen molar-refractivity contribution in [2.24, 2.45) is 0 Å². The molecule has 0 radical (unpaired) electrons. The van der Waals surface area contributed by atoms with Crippen molar-refractivity contribution >= 4 is 5.69 Å². The Morgan fingerprint density at radius 2 is 1.94 bits per heavy atom. The van der Waals surface area contributed by atoms with Gasteiger partial charge >= 0.3 is 5.69 Å². The van der Waals surface area contributed by atoms with Crippen LogP contribution in [0.4, 0.5) is 14.5 Å². The van der Waals surface area contributed by atoms with Crippen LogP contribution in [0.1, 0.15) is 19.8 Å².